The highest BCUT2D eigenvalue weighted by Crippen LogP contribution is 2.33. The van der Waals surface area contributed by atoms with Crippen molar-refractivity contribution in [1.29, 1.82) is 0 Å². The summed E-state index contributed by atoms with van der Waals surface area (Å²) in [7, 11) is 1.42. The molecular formula is C15H14F3NO2. The van der Waals surface area contributed by atoms with Gasteiger partial charge in [-0.15, -0.1) is 0 Å². The first-order valence-corrected chi connectivity index (χ1v) is 6.18. The van der Waals surface area contributed by atoms with Crippen LogP contribution in [-0.4, -0.2) is 12.2 Å². The number of benzene rings is 2. The summed E-state index contributed by atoms with van der Waals surface area (Å²) in [4.78, 5) is 0. The Morgan fingerprint density at radius 3 is 2.48 bits per heavy atom. The van der Waals surface area contributed by atoms with Gasteiger partial charge in [0.1, 0.15) is 0 Å². The summed E-state index contributed by atoms with van der Waals surface area (Å²) in [5.74, 6) is 0.225. The van der Waals surface area contributed by atoms with Gasteiger partial charge in [0, 0.05) is 18.3 Å². The lowest BCUT2D eigenvalue weighted by atomic mass is 10.1. The van der Waals surface area contributed by atoms with Crippen molar-refractivity contribution in [3.05, 3.63) is 53.6 Å². The molecule has 2 aromatic carbocycles. The van der Waals surface area contributed by atoms with E-state index in [4.69, 9.17) is 4.74 Å². The molecule has 112 valence electrons. The summed E-state index contributed by atoms with van der Waals surface area (Å²) >= 11 is 0. The predicted molar refractivity (Wildman–Crippen MR) is 73.4 cm³/mol. The molecule has 0 aliphatic carbocycles. The maximum atomic E-state index is 12.9. The van der Waals surface area contributed by atoms with Gasteiger partial charge in [0.2, 0.25) is 0 Å². The van der Waals surface area contributed by atoms with Gasteiger partial charge in [-0.05, 0) is 23.8 Å². The highest BCUT2D eigenvalue weighted by Gasteiger charge is 2.32. The van der Waals surface area contributed by atoms with Gasteiger partial charge in [-0.1, -0.05) is 18.2 Å². The number of rotatable bonds is 4. The number of ether oxygens (including phenoxy) is 1. The second-order valence-electron chi connectivity index (χ2n) is 4.40. The Kier molecular flexibility index (Phi) is 4.26. The minimum absolute atomic E-state index is 0.00144. The van der Waals surface area contributed by atoms with E-state index in [0.29, 0.717) is 11.4 Å². The molecule has 0 unspecified atom stereocenters. The standard InChI is InChI=1S/C15H14F3NO2/c1-21-14-7-6-11(8-13(14)20)19-9-10-4-2-3-5-12(10)15(16,17)18/h2-8,19-20H,9H2,1H3. The van der Waals surface area contributed by atoms with E-state index in [1.54, 1.807) is 12.1 Å². The van der Waals surface area contributed by atoms with E-state index in [-0.39, 0.29) is 17.9 Å². The number of methoxy groups -OCH3 is 1. The van der Waals surface area contributed by atoms with Gasteiger partial charge in [0.05, 0.1) is 12.7 Å². The maximum absolute atomic E-state index is 12.9. The van der Waals surface area contributed by atoms with Gasteiger partial charge < -0.3 is 15.2 Å². The van der Waals surface area contributed by atoms with Crippen molar-refractivity contribution in [2.75, 3.05) is 12.4 Å². The Morgan fingerprint density at radius 1 is 1.14 bits per heavy atom. The van der Waals surface area contributed by atoms with Crippen molar-refractivity contribution >= 4 is 5.69 Å². The van der Waals surface area contributed by atoms with Crippen LogP contribution >= 0.6 is 0 Å². The van der Waals surface area contributed by atoms with Crippen LogP contribution in [0.15, 0.2) is 42.5 Å². The third-order valence-corrected chi connectivity index (χ3v) is 2.98. The molecule has 0 aromatic heterocycles. The SMILES string of the molecule is COc1ccc(NCc2ccccc2C(F)(F)F)cc1O. The summed E-state index contributed by atoms with van der Waals surface area (Å²) in [5.41, 5.74) is -0.0270. The van der Waals surface area contributed by atoms with Gasteiger partial charge in [0.25, 0.3) is 0 Å². The fourth-order valence-corrected chi connectivity index (χ4v) is 1.95. The number of hydrogen-bond acceptors (Lipinski definition) is 3. The van der Waals surface area contributed by atoms with E-state index in [9.17, 15) is 18.3 Å². The van der Waals surface area contributed by atoms with Crippen LogP contribution in [0.2, 0.25) is 0 Å². The summed E-state index contributed by atoms with van der Waals surface area (Å²) in [6, 6.07) is 9.92. The molecule has 0 saturated carbocycles. The zero-order valence-corrected chi connectivity index (χ0v) is 11.2. The van der Waals surface area contributed by atoms with Crippen LogP contribution in [0.5, 0.6) is 11.5 Å². The van der Waals surface area contributed by atoms with Crippen molar-refractivity contribution in [3.8, 4) is 11.5 Å². The smallest absolute Gasteiger partial charge is 0.416 e. The Morgan fingerprint density at radius 2 is 1.86 bits per heavy atom. The largest absolute Gasteiger partial charge is 0.504 e. The second-order valence-corrected chi connectivity index (χ2v) is 4.40. The number of phenolic OH excluding ortho intramolecular Hbond substituents is 1. The van der Waals surface area contributed by atoms with Gasteiger partial charge in [-0.2, -0.15) is 13.2 Å². The van der Waals surface area contributed by atoms with Crippen molar-refractivity contribution < 1.29 is 23.0 Å². The Bertz CT molecular complexity index is 627. The first kappa shape index (κ1) is 15.0. The van der Waals surface area contributed by atoms with E-state index in [1.807, 2.05) is 0 Å². The Balaban J connectivity index is 2.15. The van der Waals surface area contributed by atoms with Crippen molar-refractivity contribution in [2.45, 2.75) is 12.7 Å². The number of nitrogens with one attached hydrogen (secondary N) is 1. The van der Waals surface area contributed by atoms with E-state index in [0.717, 1.165) is 6.07 Å². The van der Waals surface area contributed by atoms with Crippen LogP contribution in [0.3, 0.4) is 0 Å². The maximum Gasteiger partial charge on any atom is 0.416 e. The quantitative estimate of drug-likeness (QED) is 0.895. The lowest BCUT2D eigenvalue weighted by molar-refractivity contribution is -0.138. The average Bonchev–Trinajstić information content (AvgIpc) is 2.44. The zero-order chi connectivity index (χ0) is 15.5. The van der Waals surface area contributed by atoms with Gasteiger partial charge >= 0.3 is 6.18 Å². The molecule has 0 spiro atoms. The fourth-order valence-electron chi connectivity index (χ4n) is 1.95. The number of anilines is 1. The molecule has 0 heterocycles. The molecule has 21 heavy (non-hydrogen) atoms. The van der Waals surface area contributed by atoms with Crippen LogP contribution in [0.4, 0.5) is 18.9 Å². The van der Waals surface area contributed by atoms with Crippen LogP contribution < -0.4 is 10.1 Å². The van der Waals surface area contributed by atoms with Crippen molar-refractivity contribution in [2.24, 2.45) is 0 Å². The topological polar surface area (TPSA) is 41.5 Å². The van der Waals surface area contributed by atoms with Crippen LogP contribution in [0.1, 0.15) is 11.1 Å². The molecule has 0 atom stereocenters. The highest BCUT2D eigenvalue weighted by molar-refractivity contribution is 5.54. The second kappa shape index (κ2) is 5.95. The minimum Gasteiger partial charge on any atom is -0.504 e. The molecule has 0 radical (unpaired) electrons. The minimum atomic E-state index is -4.39. The summed E-state index contributed by atoms with van der Waals surface area (Å²) < 4.78 is 43.5. The molecule has 3 nitrogen and oxygen atoms in total. The normalized spacial score (nSPS) is 11.2. The number of hydrogen-bond donors (Lipinski definition) is 2. The van der Waals surface area contributed by atoms with Crippen molar-refractivity contribution in [1.82, 2.24) is 0 Å². The molecule has 6 heteroatoms. The summed E-state index contributed by atoms with van der Waals surface area (Å²) in [5, 5.41) is 12.5. The lowest BCUT2D eigenvalue weighted by Crippen LogP contribution is -2.11. The first-order valence-electron chi connectivity index (χ1n) is 6.18. The molecule has 0 aliphatic rings. The number of phenols is 1. The molecule has 0 amide bonds. The van der Waals surface area contributed by atoms with E-state index < -0.39 is 11.7 Å². The molecule has 0 bridgehead atoms. The molecule has 0 fully saturated rings. The third kappa shape index (κ3) is 3.59. The molecule has 0 saturated heterocycles. The highest BCUT2D eigenvalue weighted by atomic mass is 19.4. The van der Waals surface area contributed by atoms with Crippen LogP contribution in [0.25, 0.3) is 0 Å². The Labute approximate surface area is 120 Å². The van der Waals surface area contributed by atoms with Crippen LogP contribution in [-0.2, 0) is 12.7 Å². The molecule has 0 aliphatic heterocycles. The number of alkyl halides is 3. The molecule has 2 rings (SSSR count). The fraction of sp³-hybridized carbons (Fsp3) is 0.200. The first-order chi connectivity index (χ1) is 9.91. The van der Waals surface area contributed by atoms with E-state index >= 15 is 0 Å². The van der Waals surface area contributed by atoms with Gasteiger partial charge in [-0.25, -0.2) is 0 Å². The lowest BCUT2D eigenvalue weighted by Gasteiger charge is -2.14. The molecule has 2 N–H and O–H groups in total. The summed E-state index contributed by atoms with van der Waals surface area (Å²) in [6.07, 6.45) is -4.39. The molecule has 2 aromatic rings. The number of halogens is 3. The van der Waals surface area contributed by atoms with Gasteiger partial charge in [0.15, 0.2) is 11.5 Å². The van der Waals surface area contributed by atoms with E-state index in [1.165, 1.54) is 31.4 Å². The van der Waals surface area contributed by atoms with E-state index in [2.05, 4.69) is 5.32 Å². The summed E-state index contributed by atoms with van der Waals surface area (Å²) in [6.45, 7) is 0.00144. The third-order valence-electron chi connectivity index (χ3n) is 2.98. The predicted octanol–water partition coefficient (Wildman–Crippen LogP) is 4.03. The molecular weight excluding hydrogens is 283 g/mol. The zero-order valence-electron chi connectivity index (χ0n) is 11.2. The van der Waals surface area contributed by atoms with Crippen molar-refractivity contribution in [3.63, 3.8) is 0 Å². The van der Waals surface area contributed by atoms with Crippen LogP contribution in [0, 0.1) is 0 Å². The number of aromatic hydroxyl groups is 1. The monoisotopic (exact) mass is 297 g/mol. The Hall–Kier alpha value is -2.37. The van der Waals surface area contributed by atoms with Gasteiger partial charge in [-0.3, -0.25) is 0 Å². The average molecular weight is 297 g/mol.